The molecule has 3 nitrogen and oxygen atoms in total. The van der Waals surface area contributed by atoms with Crippen LogP contribution in [0.25, 0.3) is 11.1 Å². The Hall–Kier alpha value is -2.29. The van der Waals surface area contributed by atoms with Gasteiger partial charge in [-0.25, -0.2) is 0 Å². The second-order valence-corrected chi connectivity index (χ2v) is 4.40. The van der Waals surface area contributed by atoms with Crippen molar-refractivity contribution in [3.05, 3.63) is 54.1 Å². The van der Waals surface area contributed by atoms with Crippen LogP contribution in [0.1, 0.15) is 12.0 Å². The summed E-state index contributed by atoms with van der Waals surface area (Å²) in [4.78, 5) is 11.1. The van der Waals surface area contributed by atoms with Gasteiger partial charge in [0.05, 0.1) is 7.11 Å². The molecule has 0 saturated heterocycles. The molecule has 2 N–H and O–H groups in total. The van der Waals surface area contributed by atoms with E-state index >= 15 is 0 Å². The van der Waals surface area contributed by atoms with Gasteiger partial charge in [-0.1, -0.05) is 36.4 Å². The Morgan fingerprint density at radius 2 is 1.84 bits per heavy atom. The summed E-state index contributed by atoms with van der Waals surface area (Å²) in [6.07, 6.45) is 1.11. The van der Waals surface area contributed by atoms with Crippen LogP contribution in [0.4, 0.5) is 5.69 Å². The highest BCUT2D eigenvalue weighted by Gasteiger charge is 2.02. The van der Waals surface area contributed by atoms with Crippen LogP contribution in [-0.4, -0.2) is 13.1 Å². The Balaban J connectivity index is 2.08. The number of rotatable bonds is 4. The van der Waals surface area contributed by atoms with Crippen molar-refractivity contribution in [2.75, 3.05) is 12.8 Å². The first-order valence-corrected chi connectivity index (χ1v) is 6.21. The Labute approximate surface area is 113 Å². The molecule has 0 radical (unpaired) electrons. The van der Waals surface area contributed by atoms with Crippen LogP contribution in [0.5, 0.6) is 0 Å². The molecule has 0 fully saturated rings. The molecule has 2 aromatic rings. The highest BCUT2D eigenvalue weighted by atomic mass is 16.5. The molecule has 98 valence electrons. The van der Waals surface area contributed by atoms with Gasteiger partial charge in [0, 0.05) is 12.1 Å². The molecule has 2 rings (SSSR count). The smallest absolute Gasteiger partial charge is 0.305 e. The van der Waals surface area contributed by atoms with Crippen LogP contribution in [0.15, 0.2) is 48.5 Å². The average molecular weight is 255 g/mol. The Morgan fingerprint density at radius 1 is 1.11 bits per heavy atom. The average Bonchev–Trinajstić information content (AvgIpc) is 2.45. The zero-order valence-corrected chi connectivity index (χ0v) is 10.9. The van der Waals surface area contributed by atoms with Gasteiger partial charge in [-0.3, -0.25) is 4.79 Å². The Morgan fingerprint density at radius 3 is 2.47 bits per heavy atom. The number of ether oxygens (including phenoxy) is 1. The zero-order valence-electron chi connectivity index (χ0n) is 10.9. The van der Waals surface area contributed by atoms with E-state index in [1.165, 1.54) is 7.11 Å². The van der Waals surface area contributed by atoms with Gasteiger partial charge in [0.25, 0.3) is 0 Å². The summed E-state index contributed by atoms with van der Waals surface area (Å²) >= 11 is 0. The molecule has 0 saturated carbocycles. The van der Waals surface area contributed by atoms with E-state index < -0.39 is 0 Å². The molecule has 0 unspecified atom stereocenters. The van der Waals surface area contributed by atoms with Crippen LogP contribution < -0.4 is 5.73 Å². The first-order chi connectivity index (χ1) is 9.19. The highest BCUT2D eigenvalue weighted by Crippen LogP contribution is 2.22. The van der Waals surface area contributed by atoms with E-state index in [0.717, 1.165) is 22.4 Å². The molecule has 3 heteroatoms. The number of carbonyl (C=O) groups is 1. The number of nitrogens with two attached hydrogens (primary N) is 1. The lowest BCUT2D eigenvalue weighted by atomic mass is 10.0. The molecular formula is C16H17NO2. The normalized spacial score (nSPS) is 10.2. The molecule has 0 bridgehead atoms. The van der Waals surface area contributed by atoms with E-state index in [4.69, 9.17) is 5.73 Å². The van der Waals surface area contributed by atoms with Gasteiger partial charge in [-0.2, -0.15) is 0 Å². The van der Waals surface area contributed by atoms with E-state index in [1.54, 1.807) is 0 Å². The maximum atomic E-state index is 11.1. The maximum absolute atomic E-state index is 11.1. The summed E-state index contributed by atoms with van der Waals surface area (Å²) < 4.78 is 4.63. The van der Waals surface area contributed by atoms with Gasteiger partial charge in [-0.05, 0) is 35.2 Å². The van der Waals surface area contributed by atoms with Gasteiger partial charge in [-0.15, -0.1) is 0 Å². The lowest BCUT2D eigenvalue weighted by molar-refractivity contribution is -0.140. The van der Waals surface area contributed by atoms with E-state index in [-0.39, 0.29) is 5.97 Å². The minimum atomic E-state index is -0.181. The van der Waals surface area contributed by atoms with E-state index in [9.17, 15) is 4.79 Å². The van der Waals surface area contributed by atoms with Crippen LogP contribution in [0.3, 0.4) is 0 Å². The first kappa shape index (κ1) is 13.1. The number of nitrogen functional groups attached to an aromatic ring is 1. The fraction of sp³-hybridized carbons (Fsp3) is 0.188. The molecule has 2 aromatic carbocycles. The van der Waals surface area contributed by atoms with Crippen molar-refractivity contribution in [2.24, 2.45) is 0 Å². The molecule has 0 aliphatic rings. The third kappa shape index (κ3) is 3.58. The molecule has 0 atom stereocenters. The molecule has 0 aliphatic carbocycles. The van der Waals surface area contributed by atoms with Crippen LogP contribution >= 0.6 is 0 Å². The van der Waals surface area contributed by atoms with Crippen LogP contribution in [0, 0.1) is 0 Å². The van der Waals surface area contributed by atoms with Crippen molar-refractivity contribution in [3.63, 3.8) is 0 Å². The topological polar surface area (TPSA) is 52.3 Å². The summed E-state index contributed by atoms with van der Waals surface area (Å²) in [5.74, 6) is -0.181. The first-order valence-electron chi connectivity index (χ1n) is 6.21. The minimum Gasteiger partial charge on any atom is -0.469 e. The van der Waals surface area contributed by atoms with Gasteiger partial charge in [0.15, 0.2) is 0 Å². The number of hydrogen-bond acceptors (Lipinski definition) is 3. The van der Waals surface area contributed by atoms with E-state index in [0.29, 0.717) is 12.8 Å². The molecule has 0 spiro atoms. The van der Waals surface area contributed by atoms with E-state index in [1.807, 2.05) is 48.5 Å². The quantitative estimate of drug-likeness (QED) is 0.675. The van der Waals surface area contributed by atoms with Crippen LogP contribution in [0.2, 0.25) is 0 Å². The molecule has 0 aromatic heterocycles. The van der Waals surface area contributed by atoms with Crippen molar-refractivity contribution >= 4 is 11.7 Å². The summed E-state index contributed by atoms with van der Waals surface area (Å²) in [7, 11) is 1.41. The number of anilines is 1. The van der Waals surface area contributed by atoms with Gasteiger partial charge < -0.3 is 10.5 Å². The minimum absolute atomic E-state index is 0.181. The fourth-order valence-corrected chi connectivity index (χ4v) is 1.93. The number of methoxy groups -OCH3 is 1. The predicted molar refractivity (Wildman–Crippen MR) is 76.6 cm³/mol. The lowest BCUT2D eigenvalue weighted by Gasteiger charge is -2.05. The zero-order chi connectivity index (χ0) is 13.7. The van der Waals surface area contributed by atoms with Gasteiger partial charge in [0.2, 0.25) is 0 Å². The molecule has 0 aliphatic heterocycles. The summed E-state index contributed by atoms with van der Waals surface area (Å²) in [6.45, 7) is 0. The second-order valence-electron chi connectivity index (χ2n) is 4.40. The monoisotopic (exact) mass is 255 g/mol. The Kier molecular flexibility index (Phi) is 4.18. The largest absolute Gasteiger partial charge is 0.469 e. The van der Waals surface area contributed by atoms with Crippen molar-refractivity contribution in [1.29, 1.82) is 0 Å². The number of carbonyl (C=O) groups excluding carboxylic acids is 1. The standard InChI is InChI=1S/C16H17NO2/c1-19-16(18)10-7-12-5-8-13(9-6-12)14-3-2-4-15(17)11-14/h2-6,8-9,11H,7,10,17H2,1H3. The van der Waals surface area contributed by atoms with Crippen molar-refractivity contribution in [3.8, 4) is 11.1 Å². The number of hydrogen-bond donors (Lipinski definition) is 1. The number of esters is 1. The van der Waals surface area contributed by atoms with Crippen molar-refractivity contribution in [1.82, 2.24) is 0 Å². The molecule has 0 heterocycles. The van der Waals surface area contributed by atoms with Crippen molar-refractivity contribution < 1.29 is 9.53 Å². The third-order valence-corrected chi connectivity index (χ3v) is 3.02. The summed E-state index contributed by atoms with van der Waals surface area (Å²) in [5.41, 5.74) is 9.87. The number of benzene rings is 2. The fourth-order valence-electron chi connectivity index (χ4n) is 1.93. The van der Waals surface area contributed by atoms with E-state index in [2.05, 4.69) is 4.74 Å². The molecule has 0 amide bonds. The van der Waals surface area contributed by atoms with Gasteiger partial charge >= 0.3 is 5.97 Å². The molecular weight excluding hydrogens is 238 g/mol. The van der Waals surface area contributed by atoms with Crippen molar-refractivity contribution in [2.45, 2.75) is 12.8 Å². The predicted octanol–water partition coefficient (Wildman–Crippen LogP) is 3.04. The second kappa shape index (κ2) is 6.05. The Bertz CT molecular complexity index is 561. The van der Waals surface area contributed by atoms with Crippen LogP contribution in [-0.2, 0) is 16.0 Å². The molecule has 19 heavy (non-hydrogen) atoms. The number of aryl methyl sites for hydroxylation is 1. The maximum Gasteiger partial charge on any atom is 0.305 e. The summed E-state index contributed by atoms with van der Waals surface area (Å²) in [5, 5.41) is 0. The third-order valence-electron chi connectivity index (χ3n) is 3.02. The lowest BCUT2D eigenvalue weighted by Crippen LogP contribution is -2.01. The van der Waals surface area contributed by atoms with Gasteiger partial charge in [0.1, 0.15) is 0 Å². The SMILES string of the molecule is COC(=O)CCc1ccc(-c2cccc(N)c2)cc1. The summed E-state index contributed by atoms with van der Waals surface area (Å²) in [6, 6.07) is 15.9. The highest BCUT2D eigenvalue weighted by molar-refractivity contribution is 5.70.